The molecule has 82 valence electrons. The lowest BCUT2D eigenvalue weighted by Gasteiger charge is -2.02. The maximum atomic E-state index is 11.7. The van der Waals surface area contributed by atoms with Gasteiger partial charge >= 0.3 is 0 Å². The highest BCUT2D eigenvalue weighted by Crippen LogP contribution is 2.20. The molecule has 0 aliphatic carbocycles. The summed E-state index contributed by atoms with van der Waals surface area (Å²) in [5.74, 6) is -0.132. The lowest BCUT2D eigenvalue weighted by Crippen LogP contribution is -2.09. The van der Waals surface area contributed by atoms with E-state index in [-0.39, 0.29) is 5.91 Å². The summed E-state index contributed by atoms with van der Waals surface area (Å²) in [5, 5.41) is 5.24. The fourth-order valence-electron chi connectivity index (χ4n) is 1.17. The van der Waals surface area contributed by atoms with Gasteiger partial charge in [-0.25, -0.2) is 0 Å². The highest BCUT2D eigenvalue weighted by atomic mass is 35.5. The maximum absolute atomic E-state index is 11.7. The van der Waals surface area contributed by atoms with Crippen LogP contribution in [0.5, 0.6) is 0 Å². The monoisotopic (exact) mass is 269 g/mol. The first-order chi connectivity index (χ1) is 7.65. The number of nitrogens with one attached hydrogen (secondary N) is 1. The molecule has 0 atom stereocenters. The van der Waals surface area contributed by atoms with Gasteiger partial charge in [-0.2, -0.15) is 0 Å². The van der Waals surface area contributed by atoms with E-state index in [1.165, 1.54) is 11.3 Å². The molecular formula is C11H8ClNOS2. The molecule has 2 nitrogen and oxygen atoms in total. The predicted molar refractivity (Wildman–Crippen MR) is 71.0 cm³/mol. The molecule has 1 aromatic carbocycles. The topological polar surface area (TPSA) is 29.1 Å². The van der Waals surface area contributed by atoms with Gasteiger partial charge in [0, 0.05) is 21.0 Å². The Morgan fingerprint density at radius 2 is 2.00 bits per heavy atom. The number of hydrogen-bond donors (Lipinski definition) is 2. The third-order valence-electron chi connectivity index (χ3n) is 1.91. The third kappa shape index (κ3) is 2.78. The summed E-state index contributed by atoms with van der Waals surface area (Å²) in [6.45, 7) is 0. The first-order valence-corrected chi connectivity index (χ1v) is 6.20. The van der Waals surface area contributed by atoms with E-state index in [9.17, 15) is 4.79 Å². The minimum absolute atomic E-state index is 0.132. The molecule has 1 aromatic heterocycles. The largest absolute Gasteiger partial charge is 0.321 e. The second-order valence-corrected chi connectivity index (χ2v) is 4.99. The van der Waals surface area contributed by atoms with Crippen LogP contribution in [0, 0.1) is 0 Å². The lowest BCUT2D eigenvalue weighted by atomic mass is 10.3. The third-order valence-corrected chi connectivity index (χ3v) is 3.53. The van der Waals surface area contributed by atoms with Crippen LogP contribution in [0.1, 0.15) is 9.67 Å². The Hall–Kier alpha value is -0.970. The number of benzene rings is 1. The minimum Gasteiger partial charge on any atom is -0.321 e. The van der Waals surface area contributed by atoms with E-state index >= 15 is 0 Å². The molecule has 2 aromatic rings. The van der Waals surface area contributed by atoms with Gasteiger partial charge in [0.25, 0.3) is 5.91 Å². The number of carbonyl (C=O) groups is 1. The molecule has 0 aliphatic rings. The van der Waals surface area contributed by atoms with Crippen molar-refractivity contribution in [2.45, 2.75) is 4.90 Å². The molecule has 0 saturated carbocycles. The number of carbonyl (C=O) groups excluding carboxylic acids is 1. The fourth-order valence-corrected chi connectivity index (χ4v) is 2.34. The number of rotatable bonds is 2. The molecule has 2 rings (SSSR count). The minimum atomic E-state index is -0.132. The molecule has 0 spiro atoms. The highest BCUT2D eigenvalue weighted by Gasteiger charge is 2.08. The SMILES string of the molecule is O=C(Nc1ccc(Cl)cc1)c1cc(S)cs1. The Morgan fingerprint density at radius 3 is 2.56 bits per heavy atom. The molecule has 1 N–H and O–H groups in total. The van der Waals surface area contributed by atoms with Crippen LogP contribution >= 0.6 is 35.6 Å². The predicted octanol–water partition coefficient (Wildman–Crippen LogP) is 3.94. The Morgan fingerprint density at radius 1 is 1.31 bits per heavy atom. The van der Waals surface area contributed by atoms with E-state index in [2.05, 4.69) is 17.9 Å². The van der Waals surface area contributed by atoms with Crippen molar-refractivity contribution < 1.29 is 4.79 Å². The van der Waals surface area contributed by atoms with Crippen LogP contribution < -0.4 is 5.32 Å². The summed E-state index contributed by atoms with van der Waals surface area (Å²) in [6, 6.07) is 8.72. The fraction of sp³-hybridized carbons (Fsp3) is 0. The summed E-state index contributed by atoms with van der Waals surface area (Å²) in [5.41, 5.74) is 0.725. The van der Waals surface area contributed by atoms with Gasteiger partial charge < -0.3 is 5.32 Å². The molecule has 0 saturated heterocycles. The van der Waals surface area contributed by atoms with Crippen molar-refractivity contribution in [1.82, 2.24) is 0 Å². The molecule has 1 heterocycles. The molecule has 0 radical (unpaired) electrons. The smallest absolute Gasteiger partial charge is 0.265 e. The number of thiol groups is 1. The van der Waals surface area contributed by atoms with Crippen molar-refractivity contribution in [3.05, 3.63) is 45.6 Å². The van der Waals surface area contributed by atoms with Gasteiger partial charge in [0.05, 0.1) is 4.88 Å². The summed E-state index contributed by atoms with van der Waals surface area (Å²) in [6.07, 6.45) is 0. The van der Waals surface area contributed by atoms with Crippen molar-refractivity contribution >= 4 is 47.2 Å². The average molecular weight is 270 g/mol. The summed E-state index contributed by atoms with van der Waals surface area (Å²) in [4.78, 5) is 13.2. The first-order valence-electron chi connectivity index (χ1n) is 4.49. The molecule has 16 heavy (non-hydrogen) atoms. The Labute approximate surface area is 108 Å². The van der Waals surface area contributed by atoms with E-state index in [1.54, 1.807) is 30.3 Å². The number of halogens is 1. The summed E-state index contributed by atoms with van der Waals surface area (Å²) < 4.78 is 0. The second kappa shape index (κ2) is 4.91. The molecule has 0 fully saturated rings. The Kier molecular flexibility index (Phi) is 3.53. The second-order valence-electron chi connectivity index (χ2n) is 3.13. The summed E-state index contributed by atoms with van der Waals surface area (Å²) >= 11 is 11.3. The van der Waals surface area contributed by atoms with E-state index in [0.717, 1.165) is 10.6 Å². The Balaban J connectivity index is 2.10. The maximum Gasteiger partial charge on any atom is 0.265 e. The molecule has 0 aliphatic heterocycles. The molecule has 5 heteroatoms. The molecule has 0 unspecified atom stereocenters. The number of amides is 1. The van der Waals surface area contributed by atoms with Gasteiger partial charge in [0.2, 0.25) is 0 Å². The Bertz CT molecular complexity index is 507. The van der Waals surface area contributed by atoms with Gasteiger partial charge in [-0.05, 0) is 30.3 Å². The van der Waals surface area contributed by atoms with Gasteiger partial charge in [-0.1, -0.05) is 11.6 Å². The van der Waals surface area contributed by atoms with Crippen LogP contribution in [-0.4, -0.2) is 5.91 Å². The first kappa shape index (κ1) is 11.5. The molecular weight excluding hydrogens is 262 g/mol. The standard InChI is InChI=1S/C11H8ClNOS2/c12-7-1-3-8(4-2-7)13-11(14)10-5-9(15)6-16-10/h1-6,15H,(H,13,14). The lowest BCUT2D eigenvalue weighted by molar-refractivity contribution is 0.103. The van der Waals surface area contributed by atoms with Crippen LogP contribution in [0.25, 0.3) is 0 Å². The van der Waals surface area contributed by atoms with E-state index in [0.29, 0.717) is 9.90 Å². The van der Waals surface area contributed by atoms with Gasteiger partial charge in [-0.15, -0.1) is 24.0 Å². The zero-order valence-corrected chi connectivity index (χ0v) is 10.6. The molecule has 0 bridgehead atoms. The number of hydrogen-bond acceptors (Lipinski definition) is 3. The van der Waals surface area contributed by atoms with Gasteiger partial charge in [0.1, 0.15) is 0 Å². The highest BCUT2D eigenvalue weighted by molar-refractivity contribution is 7.80. The van der Waals surface area contributed by atoms with Crippen LogP contribution in [0.4, 0.5) is 5.69 Å². The average Bonchev–Trinajstić information content (AvgIpc) is 2.68. The van der Waals surface area contributed by atoms with Crippen molar-refractivity contribution in [1.29, 1.82) is 0 Å². The zero-order valence-electron chi connectivity index (χ0n) is 8.11. The van der Waals surface area contributed by atoms with E-state index in [1.807, 2.05) is 5.38 Å². The van der Waals surface area contributed by atoms with Crippen LogP contribution in [0.2, 0.25) is 5.02 Å². The van der Waals surface area contributed by atoms with Crippen LogP contribution in [-0.2, 0) is 0 Å². The van der Waals surface area contributed by atoms with Crippen molar-refractivity contribution in [2.24, 2.45) is 0 Å². The quantitative estimate of drug-likeness (QED) is 0.795. The normalized spacial score (nSPS) is 10.1. The van der Waals surface area contributed by atoms with E-state index < -0.39 is 0 Å². The van der Waals surface area contributed by atoms with Crippen molar-refractivity contribution in [2.75, 3.05) is 5.32 Å². The van der Waals surface area contributed by atoms with Crippen LogP contribution in [0.15, 0.2) is 40.6 Å². The van der Waals surface area contributed by atoms with Gasteiger partial charge in [-0.3, -0.25) is 4.79 Å². The van der Waals surface area contributed by atoms with Crippen molar-refractivity contribution in [3.63, 3.8) is 0 Å². The van der Waals surface area contributed by atoms with Crippen LogP contribution in [0.3, 0.4) is 0 Å². The molecule has 1 amide bonds. The summed E-state index contributed by atoms with van der Waals surface area (Å²) in [7, 11) is 0. The zero-order chi connectivity index (χ0) is 11.5. The number of anilines is 1. The van der Waals surface area contributed by atoms with Crippen molar-refractivity contribution in [3.8, 4) is 0 Å². The number of thiophene rings is 1. The van der Waals surface area contributed by atoms with Gasteiger partial charge in [0.15, 0.2) is 0 Å². The van der Waals surface area contributed by atoms with E-state index in [4.69, 9.17) is 11.6 Å².